The molecule has 8 nitrogen and oxygen atoms in total. The van der Waals surface area contributed by atoms with E-state index in [9.17, 15) is 45.8 Å². The Labute approximate surface area is 231 Å². The molecule has 0 spiro atoms. The second-order valence-corrected chi connectivity index (χ2v) is 10.2. The van der Waals surface area contributed by atoms with Crippen molar-refractivity contribution in [2.75, 3.05) is 30.7 Å². The summed E-state index contributed by atoms with van der Waals surface area (Å²) in [5, 5.41) is 12.5. The van der Waals surface area contributed by atoms with Crippen LogP contribution in [0.15, 0.2) is 36.4 Å². The predicted octanol–water partition coefficient (Wildman–Crippen LogP) is 5.02. The highest BCUT2D eigenvalue weighted by Crippen LogP contribution is 2.42. The van der Waals surface area contributed by atoms with E-state index in [0.717, 1.165) is 11.3 Å². The zero-order valence-corrected chi connectivity index (χ0v) is 21.7. The van der Waals surface area contributed by atoms with E-state index in [1.165, 1.54) is 4.90 Å². The van der Waals surface area contributed by atoms with Crippen molar-refractivity contribution in [2.45, 2.75) is 50.5 Å². The number of benzene rings is 2. The summed E-state index contributed by atoms with van der Waals surface area (Å²) in [4.78, 5) is 40.7. The third-order valence-electron chi connectivity index (χ3n) is 7.50. The Kier molecular flexibility index (Phi) is 8.41. The molecule has 2 aromatic carbocycles. The van der Waals surface area contributed by atoms with Crippen LogP contribution in [0.1, 0.15) is 41.5 Å². The predicted molar refractivity (Wildman–Crippen MR) is 136 cm³/mol. The summed E-state index contributed by atoms with van der Waals surface area (Å²) in [5.41, 5.74) is 1.40. The number of nitrogens with two attached hydrogens (primary N) is 1. The first-order chi connectivity index (χ1) is 19.1. The number of nitrogens with one attached hydrogen (secondary N) is 1. The van der Waals surface area contributed by atoms with Gasteiger partial charge >= 0.3 is 24.4 Å². The third kappa shape index (κ3) is 6.85. The lowest BCUT2D eigenvalue weighted by Gasteiger charge is -2.38. The monoisotopic (exact) mass is 586 g/mol. The third-order valence-corrected chi connectivity index (χ3v) is 7.50. The van der Waals surface area contributed by atoms with E-state index in [2.05, 4.69) is 5.32 Å². The van der Waals surface area contributed by atoms with Crippen LogP contribution in [0.3, 0.4) is 0 Å². The highest BCUT2D eigenvalue weighted by molar-refractivity contribution is 5.91. The Bertz CT molecular complexity index is 1290. The van der Waals surface area contributed by atoms with Gasteiger partial charge in [0.1, 0.15) is 0 Å². The first-order valence-electron chi connectivity index (χ1n) is 12.9. The Morgan fingerprint density at radius 1 is 1.00 bits per heavy atom. The number of carboxylic acids is 1. The Morgan fingerprint density at radius 2 is 1.59 bits per heavy atom. The molecule has 14 heteroatoms. The number of amides is 3. The normalized spacial score (nSPS) is 17.5. The molecular weight excluding hydrogens is 558 g/mol. The van der Waals surface area contributed by atoms with Crippen LogP contribution < -0.4 is 11.1 Å². The standard InChI is InChI=1S/C27H28F6N4O4/c28-26(29,30)19-12-15(13-20(23(19)34)27(31,32)33)11-17(24(39)40)14-22(38)36-8-6-18(7-9-36)37-10-5-16-3-1-2-4-21(16)35-25(37)41/h1-4,12-13,17-18H,5-11,14,34H2,(H,35,41)(H,39,40)/t17-/m0/s1. The first kappa shape index (κ1) is 30.0. The molecule has 0 unspecified atom stereocenters. The van der Waals surface area contributed by atoms with Crippen molar-refractivity contribution in [1.82, 2.24) is 9.80 Å². The first-order valence-corrected chi connectivity index (χ1v) is 12.9. The van der Waals surface area contributed by atoms with E-state index >= 15 is 0 Å². The van der Waals surface area contributed by atoms with Gasteiger partial charge in [0.15, 0.2) is 0 Å². The van der Waals surface area contributed by atoms with Gasteiger partial charge < -0.3 is 26.0 Å². The molecule has 2 aliphatic rings. The maximum atomic E-state index is 13.4. The quantitative estimate of drug-likeness (QED) is 0.325. The molecule has 2 aromatic rings. The number of para-hydroxylation sites is 1. The van der Waals surface area contributed by atoms with E-state index in [4.69, 9.17) is 5.73 Å². The number of carbonyl (C=O) groups excluding carboxylic acids is 2. The summed E-state index contributed by atoms with van der Waals surface area (Å²) in [6, 6.07) is 7.80. The zero-order chi connectivity index (χ0) is 30.1. The van der Waals surface area contributed by atoms with Gasteiger partial charge in [-0.3, -0.25) is 9.59 Å². The van der Waals surface area contributed by atoms with Crippen LogP contribution in [0.4, 0.5) is 42.5 Å². The number of hydrogen-bond acceptors (Lipinski definition) is 4. The minimum atomic E-state index is -5.20. The van der Waals surface area contributed by atoms with Crippen LogP contribution >= 0.6 is 0 Å². The second-order valence-electron chi connectivity index (χ2n) is 10.2. The van der Waals surface area contributed by atoms with Crippen molar-refractivity contribution in [2.24, 2.45) is 5.92 Å². The van der Waals surface area contributed by atoms with E-state index in [1.54, 1.807) is 4.90 Å². The summed E-state index contributed by atoms with van der Waals surface area (Å²) in [6.45, 7) is 0.903. The largest absolute Gasteiger partial charge is 0.481 e. The summed E-state index contributed by atoms with van der Waals surface area (Å²) < 4.78 is 80.2. The second kappa shape index (κ2) is 11.5. The number of halogens is 6. The summed E-state index contributed by atoms with van der Waals surface area (Å²) >= 11 is 0. The molecule has 2 aliphatic heterocycles. The zero-order valence-electron chi connectivity index (χ0n) is 21.7. The molecule has 1 saturated heterocycles. The van der Waals surface area contributed by atoms with Crippen molar-refractivity contribution in [3.05, 3.63) is 58.7 Å². The van der Waals surface area contributed by atoms with E-state index < -0.39 is 65.4 Å². The van der Waals surface area contributed by atoms with Crippen molar-refractivity contribution >= 4 is 29.3 Å². The molecule has 0 bridgehead atoms. The van der Waals surface area contributed by atoms with E-state index in [-0.39, 0.29) is 25.2 Å². The van der Waals surface area contributed by atoms with Gasteiger partial charge in [-0.1, -0.05) is 18.2 Å². The summed E-state index contributed by atoms with van der Waals surface area (Å²) in [7, 11) is 0. The molecule has 0 saturated carbocycles. The number of likely N-dealkylation sites (tertiary alicyclic amines) is 1. The molecule has 4 rings (SSSR count). The lowest BCUT2D eigenvalue weighted by Crippen LogP contribution is -2.50. The summed E-state index contributed by atoms with van der Waals surface area (Å²) in [5.74, 6) is -3.69. The smallest absolute Gasteiger partial charge is 0.418 e. The number of urea groups is 1. The number of rotatable bonds is 6. The number of hydrogen-bond donors (Lipinski definition) is 3. The van der Waals surface area contributed by atoms with Gasteiger partial charge in [0.2, 0.25) is 5.91 Å². The number of aliphatic carboxylic acids is 1. The average Bonchev–Trinajstić information content (AvgIpc) is 3.05. The van der Waals surface area contributed by atoms with Gasteiger partial charge in [-0.25, -0.2) is 4.79 Å². The molecule has 1 atom stereocenters. The average molecular weight is 587 g/mol. The van der Waals surface area contributed by atoms with Crippen molar-refractivity contribution in [3.63, 3.8) is 0 Å². The molecule has 2 heterocycles. The topological polar surface area (TPSA) is 116 Å². The van der Waals surface area contributed by atoms with Gasteiger partial charge in [0, 0.05) is 37.8 Å². The van der Waals surface area contributed by atoms with Crippen molar-refractivity contribution < 1.29 is 45.8 Å². The van der Waals surface area contributed by atoms with Gasteiger partial charge in [-0.05, 0) is 55.0 Å². The van der Waals surface area contributed by atoms with Crippen LogP contribution in [0.5, 0.6) is 0 Å². The maximum absolute atomic E-state index is 13.4. The fraction of sp³-hybridized carbons (Fsp3) is 0.444. The number of carbonyl (C=O) groups is 3. The fourth-order valence-corrected chi connectivity index (χ4v) is 5.34. The van der Waals surface area contributed by atoms with Gasteiger partial charge in [-0.2, -0.15) is 26.3 Å². The van der Waals surface area contributed by atoms with Crippen molar-refractivity contribution in [1.29, 1.82) is 0 Å². The number of anilines is 2. The van der Waals surface area contributed by atoms with Gasteiger partial charge in [0.25, 0.3) is 0 Å². The number of nitrogens with zero attached hydrogens (tertiary/aromatic N) is 2. The molecule has 41 heavy (non-hydrogen) atoms. The highest BCUT2D eigenvalue weighted by Gasteiger charge is 2.41. The Balaban J connectivity index is 1.41. The molecular formula is C27H28F6N4O4. The molecule has 3 amide bonds. The molecule has 0 aromatic heterocycles. The van der Waals surface area contributed by atoms with Crippen LogP contribution in [0.2, 0.25) is 0 Å². The van der Waals surface area contributed by atoms with Crippen LogP contribution in [0, 0.1) is 5.92 Å². The Morgan fingerprint density at radius 3 is 2.15 bits per heavy atom. The number of carboxylic acid groups (broad SMARTS) is 1. The molecule has 222 valence electrons. The minimum Gasteiger partial charge on any atom is -0.481 e. The van der Waals surface area contributed by atoms with Crippen LogP contribution in [0.25, 0.3) is 0 Å². The molecule has 1 fully saturated rings. The lowest BCUT2D eigenvalue weighted by atomic mass is 9.91. The van der Waals surface area contributed by atoms with E-state index in [1.807, 2.05) is 24.3 Å². The summed E-state index contributed by atoms with van der Waals surface area (Å²) in [6.07, 6.45) is -10.3. The molecule has 0 aliphatic carbocycles. The van der Waals surface area contributed by atoms with Crippen LogP contribution in [-0.4, -0.2) is 58.5 Å². The Hall–Kier alpha value is -3.97. The number of fused-ring (bicyclic) bond motifs is 1. The van der Waals surface area contributed by atoms with Gasteiger partial charge in [-0.15, -0.1) is 0 Å². The highest BCUT2D eigenvalue weighted by atomic mass is 19.4. The fourth-order valence-electron chi connectivity index (χ4n) is 5.34. The lowest BCUT2D eigenvalue weighted by molar-refractivity contribution is -0.146. The van der Waals surface area contributed by atoms with Gasteiger partial charge in [0.05, 0.1) is 22.7 Å². The minimum absolute atomic E-state index is 0.167. The van der Waals surface area contributed by atoms with E-state index in [0.29, 0.717) is 37.9 Å². The number of alkyl halides is 6. The van der Waals surface area contributed by atoms with Crippen LogP contribution in [-0.2, 0) is 34.8 Å². The number of nitrogen functional groups attached to an aromatic ring is 1. The molecule has 0 radical (unpaired) electrons. The SMILES string of the molecule is Nc1c(C(F)(F)F)cc(C[C@@H](CC(=O)N2CCC(N3CCc4ccccc4NC3=O)CC2)C(=O)O)cc1C(F)(F)F. The molecule has 4 N–H and O–H groups in total. The number of piperidine rings is 1. The van der Waals surface area contributed by atoms with Crippen molar-refractivity contribution in [3.8, 4) is 0 Å². The maximum Gasteiger partial charge on any atom is 0.418 e.